The van der Waals surface area contributed by atoms with Crippen LogP contribution in [0.3, 0.4) is 0 Å². The number of non-ortho nitro benzene ring substituents is 1. The first-order valence-corrected chi connectivity index (χ1v) is 10.1. The van der Waals surface area contributed by atoms with Gasteiger partial charge in [-0.3, -0.25) is 33.4 Å². The predicted molar refractivity (Wildman–Crippen MR) is 117 cm³/mol. The molecule has 0 radical (unpaired) electrons. The lowest BCUT2D eigenvalue weighted by atomic mass is 10.1. The zero-order valence-corrected chi connectivity index (χ0v) is 18.0. The Morgan fingerprint density at radius 1 is 1.09 bits per heavy atom. The molecule has 4 rings (SSSR count). The molecule has 1 aromatic carbocycles. The number of aromatic nitrogens is 4. The van der Waals surface area contributed by atoms with Gasteiger partial charge in [-0.1, -0.05) is 12.1 Å². The lowest BCUT2D eigenvalue weighted by molar-refractivity contribution is -0.384. The summed E-state index contributed by atoms with van der Waals surface area (Å²) < 4.78 is 3.78. The summed E-state index contributed by atoms with van der Waals surface area (Å²) in [5.74, 6) is 0.0180. The fraction of sp³-hybridized carbons (Fsp3) is 0.400. The van der Waals surface area contributed by atoms with Gasteiger partial charge in [-0.05, 0) is 7.05 Å². The summed E-state index contributed by atoms with van der Waals surface area (Å²) in [5, 5.41) is 11.1. The molecular weight excluding hydrogens is 418 g/mol. The summed E-state index contributed by atoms with van der Waals surface area (Å²) in [6.45, 7) is 2.59. The van der Waals surface area contributed by atoms with Crippen molar-refractivity contribution in [3.8, 4) is 0 Å². The quantitative estimate of drug-likeness (QED) is 0.307. The highest BCUT2D eigenvalue weighted by Gasteiger charge is 2.26. The molecule has 0 atom stereocenters. The number of aryl methyl sites for hydroxylation is 1. The zero-order valence-electron chi connectivity index (χ0n) is 18.0. The molecule has 0 bridgehead atoms. The number of carbonyl (C=O) groups excluding carboxylic acids is 1. The number of hydrogen-bond donors (Lipinski definition) is 0. The van der Waals surface area contributed by atoms with Gasteiger partial charge in [-0.2, -0.15) is 4.98 Å². The van der Waals surface area contributed by atoms with Gasteiger partial charge in [0.2, 0.25) is 5.95 Å². The van der Waals surface area contributed by atoms with Gasteiger partial charge in [-0.25, -0.2) is 4.79 Å². The number of rotatable bonds is 5. The van der Waals surface area contributed by atoms with Crippen LogP contribution >= 0.6 is 0 Å². The standard InChI is InChI=1S/C20H23N7O5/c1-22-7-9-25(10-8-22)19-21-17-16(18(29)24(3)20(30)23(17)2)26(19)12-15(28)13-5-4-6-14(11-13)27(31)32/h4-6,11H,7-10,12H2,1-3H3. The highest BCUT2D eigenvalue weighted by molar-refractivity contribution is 5.97. The van der Waals surface area contributed by atoms with E-state index in [4.69, 9.17) is 0 Å². The molecular formula is C20H23N7O5. The van der Waals surface area contributed by atoms with Gasteiger partial charge in [0.05, 0.1) is 11.5 Å². The molecule has 0 aliphatic carbocycles. The molecule has 1 fully saturated rings. The van der Waals surface area contributed by atoms with Gasteiger partial charge in [0.15, 0.2) is 16.9 Å². The number of hydrogen-bond acceptors (Lipinski definition) is 8. The summed E-state index contributed by atoms with van der Waals surface area (Å²) in [6, 6.07) is 5.47. The van der Waals surface area contributed by atoms with Crippen LogP contribution in [0.2, 0.25) is 0 Å². The molecule has 3 aromatic rings. The third-order valence-electron chi connectivity index (χ3n) is 5.79. The van der Waals surface area contributed by atoms with Crippen LogP contribution in [0.4, 0.5) is 11.6 Å². The second-order valence-corrected chi connectivity index (χ2v) is 7.90. The Morgan fingerprint density at radius 3 is 2.44 bits per heavy atom. The van der Waals surface area contributed by atoms with E-state index in [2.05, 4.69) is 9.88 Å². The zero-order chi connectivity index (χ0) is 23.2. The van der Waals surface area contributed by atoms with Crippen LogP contribution in [0.15, 0.2) is 33.9 Å². The highest BCUT2D eigenvalue weighted by atomic mass is 16.6. The van der Waals surface area contributed by atoms with E-state index in [9.17, 15) is 24.5 Å². The minimum absolute atomic E-state index is 0.141. The molecule has 0 saturated carbocycles. The highest BCUT2D eigenvalue weighted by Crippen LogP contribution is 2.22. The largest absolute Gasteiger partial charge is 0.340 e. The van der Waals surface area contributed by atoms with Gasteiger partial charge in [0.1, 0.15) is 0 Å². The third-order valence-corrected chi connectivity index (χ3v) is 5.79. The molecule has 3 heterocycles. The molecule has 12 nitrogen and oxygen atoms in total. The Kier molecular flexibility index (Phi) is 5.38. The number of imidazole rings is 1. The maximum Gasteiger partial charge on any atom is 0.332 e. The van der Waals surface area contributed by atoms with Gasteiger partial charge in [0, 0.05) is 58.0 Å². The molecule has 0 spiro atoms. The van der Waals surface area contributed by atoms with Crippen LogP contribution in [-0.4, -0.2) is 67.5 Å². The van der Waals surface area contributed by atoms with Gasteiger partial charge in [0.25, 0.3) is 11.2 Å². The SMILES string of the molecule is CN1CCN(c2nc3c(c(=O)n(C)c(=O)n3C)n2CC(=O)c2cccc([N+](=O)[O-])c2)CC1. The first-order valence-electron chi connectivity index (χ1n) is 10.1. The van der Waals surface area contributed by atoms with Crippen LogP contribution in [0.1, 0.15) is 10.4 Å². The smallest absolute Gasteiger partial charge is 0.332 e. The van der Waals surface area contributed by atoms with E-state index in [1.54, 1.807) is 0 Å². The van der Waals surface area contributed by atoms with E-state index in [0.717, 1.165) is 17.7 Å². The minimum atomic E-state index is -0.565. The Hall–Kier alpha value is -3.80. The van der Waals surface area contributed by atoms with Crippen molar-refractivity contribution >= 4 is 28.6 Å². The number of nitro benzene ring substituents is 1. The number of Topliss-reactive ketones (excluding diaryl/α,β-unsaturated/α-hetero) is 1. The lowest BCUT2D eigenvalue weighted by Gasteiger charge is -2.33. The minimum Gasteiger partial charge on any atom is -0.340 e. The van der Waals surface area contributed by atoms with Crippen molar-refractivity contribution in [1.29, 1.82) is 0 Å². The third kappa shape index (κ3) is 3.58. The average molecular weight is 441 g/mol. The second-order valence-electron chi connectivity index (χ2n) is 7.90. The molecule has 1 aliphatic heterocycles. The van der Waals surface area contributed by atoms with Crippen molar-refractivity contribution in [2.24, 2.45) is 14.1 Å². The molecule has 1 aliphatic rings. The summed E-state index contributed by atoms with van der Waals surface area (Å²) in [4.78, 5) is 57.7. The van der Waals surface area contributed by atoms with E-state index in [1.165, 1.54) is 47.5 Å². The van der Waals surface area contributed by atoms with E-state index in [1.807, 2.05) is 11.9 Å². The topological polar surface area (TPSA) is 129 Å². The second kappa shape index (κ2) is 8.04. The maximum absolute atomic E-state index is 13.1. The maximum atomic E-state index is 13.1. The van der Waals surface area contributed by atoms with Gasteiger partial charge in [-0.15, -0.1) is 0 Å². The molecule has 168 valence electrons. The molecule has 1 saturated heterocycles. The number of nitrogens with zero attached hydrogens (tertiary/aromatic N) is 7. The van der Waals surface area contributed by atoms with E-state index in [0.29, 0.717) is 19.0 Å². The number of anilines is 1. The molecule has 0 unspecified atom stereocenters. The van der Waals surface area contributed by atoms with Crippen LogP contribution in [0.25, 0.3) is 11.2 Å². The van der Waals surface area contributed by atoms with E-state index < -0.39 is 22.0 Å². The average Bonchev–Trinajstić information content (AvgIpc) is 3.16. The van der Waals surface area contributed by atoms with Gasteiger partial charge >= 0.3 is 5.69 Å². The number of nitro groups is 1. The van der Waals surface area contributed by atoms with Crippen molar-refractivity contribution in [3.05, 3.63) is 60.8 Å². The van der Waals surface area contributed by atoms with Crippen molar-refractivity contribution in [2.75, 3.05) is 38.1 Å². The summed E-state index contributed by atoms with van der Waals surface area (Å²) in [7, 11) is 4.91. The van der Waals surface area contributed by atoms with Crippen LogP contribution < -0.4 is 16.1 Å². The summed E-state index contributed by atoms with van der Waals surface area (Å²) >= 11 is 0. The Morgan fingerprint density at radius 2 is 1.78 bits per heavy atom. The summed E-state index contributed by atoms with van der Waals surface area (Å²) in [6.07, 6.45) is 0. The first-order chi connectivity index (χ1) is 15.2. The molecule has 2 aromatic heterocycles. The summed E-state index contributed by atoms with van der Waals surface area (Å²) in [5.41, 5.74) is -0.762. The Labute approximate surface area is 182 Å². The number of carbonyl (C=O) groups is 1. The number of fused-ring (bicyclic) bond motifs is 1. The first kappa shape index (κ1) is 21.4. The number of benzene rings is 1. The van der Waals surface area contributed by atoms with Crippen molar-refractivity contribution in [3.63, 3.8) is 0 Å². The fourth-order valence-corrected chi connectivity index (χ4v) is 3.86. The lowest BCUT2D eigenvalue weighted by Crippen LogP contribution is -2.45. The van der Waals surface area contributed by atoms with Crippen LogP contribution in [0, 0.1) is 10.1 Å². The van der Waals surface area contributed by atoms with Crippen molar-refractivity contribution < 1.29 is 9.72 Å². The van der Waals surface area contributed by atoms with E-state index in [-0.39, 0.29) is 29.0 Å². The van der Waals surface area contributed by atoms with E-state index >= 15 is 0 Å². The molecule has 0 N–H and O–H groups in total. The molecule has 12 heteroatoms. The van der Waals surface area contributed by atoms with Crippen LogP contribution in [-0.2, 0) is 20.6 Å². The van der Waals surface area contributed by atoms with Gasteiger partial charge < -0.3 is 9.80 Å². The fourth-order valence-electron chi connectivity index (χ4n) is 3.86. The number of likely N-dealkylation sites (N-methyl/N-ethyl adjacent to an activating group) is 1. The number of ketones is 1. The number of piperazine rings is 1. The normalized spacial score (nSPS) is 14.8. The Bertz CT molecular complexity index is 1340. The Balaban J connectivity index is 1.86. The van der Waals surface area contributed by atoms with Crippen molar-refractivity contribution in [2.45, 2.75) is 6.54 Å². The molecule has 0 amide bonds. The van der Waals surface area contributed by atoms with Crippen molar-refractivity contribution in [1.82, 2.24) is 23.6 Å². The predicted octanol–water partition coefficient (Wildman–Crippen LogP) is -0.0234. The molecule has 32 heavy (non-hydrogen) atoms. The van der Waals surface area contributed by atoms with Crippen LogP contribution in [0.5, 0.6) is 0 Å². The monoisotopic (exact) mass is 441 g/mol.